The van der Waals surface area contributed by atoms with Crippen LogP contribution in [0.25, 0.3) is 10.9 Å². The summed E-state index contributed by atoms with van der Waals surface area (Å²) in [5.41, 5.74) is 0.901. The Bertz CT molecular complexity index is 585. The average Bonchev–Trinajstić information content (AvgIpc) is 2.37. The highest BCUT2D eigenvalue weighted by Crippen LogP contribution is 2.26. The second kappa shape index (κ2) is 5.37. The van der Waals surface area contributed by atoms with Crippen LogP contribution in [0.1, 0.15) is 17.3 Å². The van der Waals surface area contributed by atoms with Crippen LogP contribution in [0.3, 0.4) is 0 Å². The van der Waals surface area contributed by atoms with E-state index in [2.05, 4.69) is 4.98 Å². The molecule has 2 rings (SSSR count). The number of hydrogen-bond acceptors (Lipinski definition) is 4. The molecular formula is C13H13NO3S. The van der Waals surface area contributed by atoms with Gasteiger partial charge in [0.25, 0.3) is 0 Å². The lowest BCUT2D eigenvalue weighted by Crippen LogP contribution is -2.04. The number of thioether (sulfide) groups is 1. The van der Waals surface area contributed by atoms with E-state index in [0.717, 1.165) is 0 Å². The summed E-state index contributed by atoms with van der Waals surface area (Å²) < 4.78 is 0. The Hall–Kier alpha value is -1.59. The summed E-state index contributed by atoms with van der Waals surface area (Å²) >= 11 is 1.37. The van der Waals surface area contributed by atoms with Crippen molar-refractivity contribution in [1.29, 1.82) is 0 Å². The smallest absolute Gasteiger partial charge is 0.336 e. The molecule has 1 heterocycles. The monoisotopic (exact) mass is 263 g/mol. The SMILES string of the molecule is CC(CO)Sc1cc(C(=O)O)c2ccccc2n1. The first kappa shape index (κ1) is 12.9. The lowest BCUT2D eigenvalue weighted by Gasteiger charge is -2.09. The van der Waals surface area contributed by atoms with E-state index in [-0.39, 0.29) is 17.4 Å². The number of aliphatic hydroxyl groups is 1. The van der Waals surface area contributed by atoms with E-state index in [1.807, 2.05) is 13.0 Å². The zero-order valence-corrected chi connectivity index (χ0v) is 10.6. The van der Waals surface area contributed by atoms with Gasteiger partial charge in [-0.05, 0) is 12.1 Å². The molecule has 0 fully saturated rings. The molecule has 0 spiro atoms. The van der Waals surface area contributed by atoms with Gasteiger partial charge in [-0.25, -0.2) is 9.78 Å². The molecule has 1 atom stereocenters. The molecule has 4 nitrogen and oxygen atoms in total. The van der Waals surface area contributed by atoms with Crippen LogP contribution in [0, 0.1) is 0 Å². The molecule has 94 valence electrons. The van der Waals surface area contributed by atoms with Gasteiger partial charge in [-0.1, -0.05) is 25.1 Å². The number of hydrogen-bond donors (Lipinski definition) is 2. The molecule has 1 aromatic heterocycles. The molecule has 0 bridgehead atoms. The second-order valence-electron chi connectivity index (χ2n) is 3.94. The highest BCUT2D eigenvalue weighted by atomic mass is 32.2. The number of aromatic nitrogens is 1. The molecule has 2 N–H and O–H groups in total. The molecule has 0 aliphatic rings. The fourth-order valence-electron chi connectivity index (χ4n) is 1.63. The first-order valence-electron chi connectivity index (χ1n) is 5.52. The first-order chi connectivity index (χ1) is 8.61. The third-order valence-electron chi connectivity index (χ3n) is 2.50. The number of aromatic carboxylic acids is 1. The summed E-state index contributed by atoms with van der Waals surface area (Å²) in [4.78, 5) is 15.6. The van der Waals surface area contributed by atoms with Crippen LogP contribution < -0.4 is 0 Å². The number of pyridine rings is 1. The van der Waals surface area contributed by atoms with Gasteiger partial charge in [0.15, 0.2) is 0 Å². The predicted octanol–water partition coefficient (Wildman–Crippen LogP) is 2.41. The van der Waals surface area contributed by atoms with Gasteiger partial charge in [0.1, 0.15) is 0 Å². The van der Waals surface area contributed by atoms with Gasteiger partial charge in [-0.2, -0.15) is 0 Å². The molecule has 0 radical (unpaired) electrons. The van der Waals surface area contributed by atoms with Gasteiger partial charge in [0.2, 0.25) is 0 Å². The number of carbonyl (C=O) groups is 1. The summed E-state index contributed by atoms with van der Waals surface area (Å²) in [6.07, 6.45) is 0. The summed E-state index contributed by atoms with van der Waals surface area (Å²) in [6.45, 7) is 1.89. The van der Waals surface area contributed by atoms with Crippen molar-refractivity contribution in [2.75, 3.05) is 6.61 Å². The molecule has 0 aliphatic heterocycles. The fourth-order valence-corrected chi connectivity index (χ4v) is 2.46. The topological polar surface area (TPSA) is 70.4 Å². The van der Waals surface area contributed by atoms with Crippen LogP contribution in [0.5, 0.6) is 0 Å². The molecule has 0 aliphatic carbocycles. The largest absolute Gasteiger partial charge is 0.478 e. The second-order valence-corrected chi connectivity index (χ2v) is 5.40. The summed E-state index contributed by atoms with van der Waals surface area (Å²) in [7, 11) is 0. The molecule has 0 saturated carbocycles. The number of fused-ring (bicyclic) bond motifs is 1. The normalized spacial score (nSPS) is 12.6. The van der Waals surface area contributed by atoms with E-state index in [4.69, 9.17) is 5.11 Å². The maximum Gasteiger partial charge on any atom is 0.336 e. The number of rotatable bonds is 4. The molecule has 0 amide bonds. The minimum absolute atomic E-state index is 0.0136. The maximum atomic E-state index is 11.2. The van der Waals surface area contributed by atoms with Gasteiger partial charge in [0.05, 0.1) is 22.7 Å². The molecule has 5 heteroatoms. The van der Waals surface area contributed by atoms with Crippen molar-refractivity contribution in [2.45, 2.75) is 17.2 Å². The summed E-state index contributed by atoms with van der Waals surface area (Å²) in [5, 5.41) is 19.5. The Morgan fingerprint density at radius 2 is 2.17 bits per heavy atom. The first-order valence-corrected chi connectivity index (χ1v) is 6.40. The van der Waals surface area contributed by atoms with E-state index in [9.17, 15) is 9.90 Å². The minimum Gasteiger partial charge on any atom is -0.478 e. The molecule has 1 unspecified atom stereocenters. The third kappa shape index (κ3) is 2.63. The number of benzene rings is 1. The highest BCUT2D eigenvalue weighted by Gasteiger charge is 2.13. The van der Waals surface area contributed by atoms with Crippen LogP contribution in [-0.2, 0) is 0 Å². The van der Waals surface area contributed by atoms with E-state index in [0.29, 0.717) is 15.9 Å². The minimum atomic E-state index is -0.966. The lowest BCUT2D eigenvalue weighted by molar-refractivity contribution is 0.0698. The van der Waals surface area contributed by atoms with Crippen molar-refractivity contribution >= 4 is 28.6 Å². The predicted molar refractivity (Wildman–Crippen MR) is 71.1 cm³/mol. The highest BCUT2D eigenvalue weighted by molar-refractivity contribution is 7.99. The summed E-state index contributed by atoms with van der Waals surface area (Å²) in [6, 6.07) is 8.71. The Morgan fingerprint density at radius 3 is 2.83 bits per heavy atom. The maximum absolute atomic E-state index is 11.2. The van der Waals surface area contributed by atoms with Gasteiger partial charge < -0.3 is 10.2 Å². The van der Waals surface area contributed by atoms with Crippen molar-refractivity contribution in [3.8, 4) is 0 Å². The van der Waals surface area contributed by atoms with Gasteiger partial charge in [0, 0.05) is 10.6 Å². The Morgan fingerprint density at radius 1 is 1.44 bits per heavy atom. The molecule has 1 aromatic carbocycles. The molecule has 18 heavy (non-hydrogen) atoms. The van der Waals surface area contributed by atoms with Crippen LogP contribution in [0.2, 0.25) is 0 Å². The molecule has 0 saturated heterocycles. The van der Waals surface area contributed by atoms with Crippen molar-refractivity contribution in [3.05, 3.63) is 35.9 Å². The van der Waals surface area contributed by atoms with E-state index in [1.165, 1.54) is 11.8 Å². The van der Waals surface area contributed by atoms with Crippen LogP contribution in [0.4, 0.5) is 0 Å². The van der Waals surface area contributed by atoms with Gasteiger partial charge in [-0.3, -0.25) is 0 Å². The third-order valence-corrected chi connectivity index (χ3v) is 3.50. The van der Waals surface area contributed by atoms with Crippen molar-refractivity contribution < 1.29 is 15.0 Å². The zero-order chi connectivity index (χ0) is 13.1. The average molecular weight is 263 g/mol. The van der Waals surface area contributed by atoms with Crippen LogP contribution >= 0.6 is 11.8 Å². The quantitative estimate of drug-likeness (QED) is 0.829. The summed E-state index contributed by atoms with van der Waals surface area (Å²) in [5.74, 6) is -0.966. The molecular weight excluding hydrogens is 250 g/mol. The van der Waals surface area contributed by atoms with E-state index >= 15 is 0 Å². The van der Waals surface area contributed by atoms with Crippen LogP contribution in [-0.4, -0.2) is 33.0 Å². The molecule has 2 aromatic rings. The van der Waals surface area contributed by atoms with Gasteiger partial charge in [-0.15, -0.1) is 11.8 Å². The van der Waals surface area contributed by atoms with E-state index < -0.39 is 5.97 Å². The number of para-hydroxylation sites is 1. The number of carboxylic acids is 1. The van der Waals surface area contributed by atoms with Crippen molar-refractivity contribution in [3.63, 3.8) is 0 Å². The van der Waals surface area contributed by atoms with Crippen LogP contribution in [0.15, 0.2) is 35.4 Å². The number of nitrogens with zero attached hydrogens (tertiary/aromatic N) is 1. The van der Waals surface area contributed by atoms with Crippen molar-refractivity contribution in [1.82, 2.24) is 4.98 Å². The van der Waals surface area contributed by atoms with E-state index in [1.54, 1.807) is 24.3 Å². The zero-order valence-electron chi connectivity index (χ0n) is 9.83. The number of carboxylic acid groups (broad SMARTS) is 1. The lowest BCUT2D eigenvalue weighted by atomic mass is 10.1. The number of aliphatic hydroxyl groups excluding tert-OH is 1. The Balaban J connectivity index is 2.54. The Kier molecular flexibility index (Phi) is 3.84. The van der Waals surface area contributed by atoms with Crippen molar-refractivity contribution in [2.24, 2.45) is 0 Å². The Labute approximate surface area is 109 Å². The standard InChI is InChI=1S/C13H13NO3S/c1-8(7-15)18-12-6-10(13(16)17)9-4-2-3-5-11(9)14-12/h2-6,8,15H,7H2,1H3,(H,16,17). The fraction of sp³-hybridized carbons (Fsp3) is 0.231. The van der Waals surface area contributed by atoms with Gasteiger partial charge >= 0.3 is 5.97 Å².